The van der Waals surface area contributed by atoms with Gasteiger partial charge < -0.3 is 9.88 Å². The van der Waals surface area contributed by atoms with Gasteiger partial charge in [-0.25, -0.2) is 17.8 Å². The molecule has 2 amide bonds. The van der Waals surface area contributed by atoms with Crippen molar-refractivity contribution < 1.29 is 22.4 Å². The summed E-state index contributed by atoms with van der Waals surface area (Å²) in [7, 11) is -2.10. The number of rotatable bonds is 8. The average molecular weight is 514 g/mol. The largest absolute Gasteiger partial charge is 0.353 e. The highest BCUT2D eigenvalue weighted by molar-refractivity contribution is 7.89. The predicted octanol–water partition coefficient (Wildman–Crippen LogP) is 2.77. The highest BCUT2D eigenvalue weighted by Crippen LogP contribution is 2.27. The maximum Gasteiger partial charge on any atom is 0.269 e. The minimum absolute atomic E-state index is 0.0140. The van der Waals surface area contributed by atoms with Crippen molar-refractivity contribution in [1.29, 1.82) is 0 Å². The Balaban J connectivity index is 1.57. The zero-order valence-electron chi connectivity index (χ0n) is 19.3. The molecule has 12 heteroatoms. The molecule has 0 unspecified atom stereocenters. The molecule has 0 radical (unpaired) electrons. The number of benzene rings is 1. The highest BCUT2D eigenvalue weighted by Gasteiger charge is 2.27. The van der Waals surface area contributed by atoms with Gasteiger partial charge in [0.25, 0.3) is 5.91 Å². The van der Waals surface area contributed by atoms with E-state index in [2.05, 4.69) is 15.7 Å². The Bertz CT molecular complexity index is 1160. The summed E-state index contributed by atoms with van der Waals surface area (Å²) < 4.78 is 41.2. The maximum absolute atomic E-state index is 14.5. The molecule has 1 aromatic carbocycles. The summed E-state index contributed by atoms with van der Waals surface area (Å²) >= 11 is 5.94. The van der Waals surface area contributed by atoms with Gasteiger partial charge in [-0.2, -0.15) is 0 Å². The average Bonchev–Trinajstić information content (AvgIpc) is 3.21. The third kappa shape index (κ3) is 6.77. The fourth-order valence-corrected chi connectivity index (χ4v) is 5.35. The third-order valence-electron chi connectivity index (χ3n) is 5.77. The molecule has 0 spiro atoms. The van der Waals surface area contributed by atoms with Crippen LogP contribution in [-0.2, 0) is 21.9 Å². The molecule has 1 fully saturated rings. The molecule has 1 aliphatic rings. The molecule has 1 aromatic heterocycles. The van der Waals surface area contributed by atoms with Gasteiger partial charge in [-0.1, -0.05) is 25.4 Å². The van der Waals surface area contributed by atoms with Crippen LogP contribution in [0.3, 0.4) is 0 Å². The van der Waals surface area contributed by atoms with Crippen molar-refractivity contribution in [3.63, 3.8) is 0 Å². The van der Waals surface area contributed by atoms with Crippen molar-refractivity contribution in [2.24, 2.45) is 18.9 Å². The zero-order chi connectivity index (χ0) is 25.0. The van der Waals surface area contributed by atoms with Crippen LogP contribution >= 0.6 is 11.6 Å². The molecular formula is C22H29ClFN5O4S. The van der Waals surface area contributed by atoms with E-state index in [0.29, 0.717) is 36.9 Å². The number of sulfonamides is 1. The van der Waals surface area contributed by atoms with Gasteiger partial charge >= 0.3 is 0 Å². The maximum atomic E-state index is 14.5. The van der Waals surface area contributed by atoms with E-state index in [0.717, 1.165) is 0 Å². The number of amides is 2. The van der Waals surface area contributed by atoms with E-state index in [1.54, 1.807) is 24.1 Å². The van der Waals surface area contributed by atoms with E-state index in [-0.39, 0.29) is 34.6 Å². The summed E-state index contributed by atoms with van der Waals surface area (Å²) in [6.07, 6.45) is 5.87. The Morgan fingerprint density at radius 1 is 1.24 bits per heavy atom. The molecule has 0 bridgehead atoms. The van der Waals surface area contributed by atoms with E-state index in [1.807, 2.05) is 18.7 Å². The molecule has 34 heavy (non-hydrogen) atoms. The molecule has 3 rings (SSSR count). The van der Waals surface area contributed by atoms with Crippen molar-refractivity contribution >= 4 is 33.4 Å². The number of aryl methyl sites for hydroxylation is 1. The fourth-order valence-electron chi connectivity index (χ4n) is 3.85. The fraction of sp³-hybridized carbons (Fsp3) is 0.500. The van der Waals surface area contributed by atoms with Gasteiger partial charge in [-0.15, -0.1) is 4.83 Å². The monoisotopic (exact) mass is 513 g/mol. The number of imidazole rings is 1. The second kappa shape index (κ2) is 10.8. The number of hydrogen-bond donors (Lipinski definition) is 3. The van der Waals surface area contributed by atoms with Gasteiger partial charge in [0.2, 0.25) is 15.9 Å². The van der Waals surface area contributed by atoms with Gasteiger partial charge in [-0.3, -0.25) is 15.0 Å². The van der Waals surface area contributed by atoms with Gasteiger partial charge in [0, 0.05) is 30.8 Å². The summed E-state index contributed by atoms with van der Waals surface area (Å²) in [5.41, 5.74) is 2.57. The van der Waals surface area contributed by atoms with Gasteiger partial charge in [0.05, 0.1) is 28.4 Å². The lowest BCUT2D eigenvalue weighted by molar-refractivity contribution is -0.125. The minimum Gasteiger partial charge on any atom is -0.353 e. The lowest BCUT2D eigenvalue weighted by atomic mass is 9.87. The molecule has 0 aliphatic heterocycles. The zero-order valence-corrected chi connectivity index (χ0v) is 20.8. The lowest BCUT2D eigenvalue weighted by Crippen LogP contribution is -2.45. The Morgan fingerprint density at radius 3 is 2.50 bits per heavy atom. The molecule has 186 valence electrons. The molecule has 0 atom stereocenters. The van der Waals surface area contributed by atoms with Gasteiger partial charge in [-0.05, 0) is 43.7 Å². The van der Waals surface area contributed by atoms with Crippen LogP contribution < -0.4 is 15.6 Å². The van der Waals surface area contributed by atoms with E-state index in [1.165, 1.54) is 12.1 Å². The summed E-state index contributed by atoms with van der Waals surface area (Å²) in [4.78, 5) is 30.6. The van der Waals surface area contributed by atoms with Crippen LogP contribution in [0.5, 0.6) is 0 Å². The highest BCUT2D eigenvalue weighted by atomic mass is 35.5. The molecule has 0 saturated heterocycles. The third-order valence-corrected chi connectivity index (χ3v) is 7.36. The first kappa shape index (κ1) is 26.1. The first-order chi connectivity index (χ1) is 15.9. The number of hydrazine groups is 1. The van der Waals surface area contributed by atoms with Crippen molar-refractivity contribution in [3.8, 4) is 11.3 Å². The molecular weight excluding hydrogens is 485 g/mol. The van der Waals surface area contributed by atoms with Crippen LogP contribution in [0.2, 0.25) is 5.02 Å². The number of carbonyl (C=O) groups is 2. The normalized spacial score (nSPS) is 18.6. The molecule has 9 nitrogen and oxygen atoms in total. The minimum atomic E-state index is -3.86. The second-order valence-corrected chi connectivity index (χ2v) is 11.1. The van der Waals surface area contributed by atoms with Crippen molar-refractivity contribution in [3.05, 3.63) is 41.1 Å². The van der Waals surface area contributed by atoms with Crippen molar-refractivity contribution in [2.75, 3.05) is 5.75 Å². The molecule has 2 aromatic rings. The van der Waals surface area contributed by atoms with Crippen LogP contribution in [0.4, 0.5) is 4.39 Å². The first-order valence-corrected chi connectivity index (χ1v) is 13.1. The van der Waals surface area contributed by atoms with E-state index >= 15 is 0 Å². The van der Waals surface area contributed by atoms with Crippen LogP contribution in [0.15, 0.2) is 24.7 Å². The van der Waals surface area contributed by atoms with Crippen molar-refractivity contribution in [2.45, 2.75) is 45.6 Å². The number of nitrogens with one attached hydrogen (secondary N) is 3. The van der Waals surface area contributed by atoms with E-state index in [9.17, 15) is 22.4 Å². The summed E-state index contributed by atoms with van der Waals surface area (Å²) in [6, 6.07) is 2.65. The van der Waals surface area contributed by atoms with Crippen molar-refractivity contribution in [1.82, 2.24) is 25.1 Å². The quantitative estimate of drug-likeness (QED) is 0.468. The van der Waals surface area contributed by atoms with E-state index in [4.69, 9.17) is 11.6 Å². The number of carbonyl (C=O) groups excluding carboxylic acids is 2. The summed E-state index contributed by atoms with van der Waals surface area (Å²) in [5, 5.41) is 2.69. The molecule has 1 heterocycles. The molecule has 1 aliphatic carbocycles. The van der Waals surface area contributed by atoms with Crippen LogP contribution in [-0.4, -0.2) is 41.6 Å². The Hall–Kier alpha value is -2.50. The van der Waals surface area contributed by atoms with Crippen LogP contribution in [0.25, 0.3) is 11.3 Å². The summed E-state index contributed by atoms with van der Waals surface area (Å²) in [5.74, 6) is -2.34. The number of halogens is 2. The number of aromatic nitrogens is 2. The molecule has 3 N–H and O–H groups in total. The van der Waals surface area contributed by atoms with E-state index < -0.39 is 27.3 Å². The second-order valence-electron chi connectivity index (χ2n) is 8.96. The lowest BCUT2D eigenvalue weighted by Gasteiger charge is -2.29. The standard InChI is InChI=1S/C22H29ClFN5O4S/c1-13(2)21(30)26-16-6-4-14(5-7-16)11-34(32,33)28-27-22(31)17-8-15(9-18(23)20(17)24)19-10-29(3)12-25-19/h8-10,12-14,16,28H,4-7,11H2,1-3H3,(H,26,30)(H,27,31)/t14-,16+. The molecule has 1 saturated carbocycles. The van der Waals surface area contributed by atoms with Crippen LogP contribution in [0, 0.1) is 17.7 Å². The van der Waals surface area contributed by atoms with Crippen LogP contribution in [0.1, 0.15) is 49.9 Å². The topological polar surface area (TPSA) is 122 Å². The number of nitrogens with zero attached hydrogens (tertiary/aromatic N) is 2. The van der Waals surface area contributed by atoms with Gasteiger partial charge in [0.15, 0.2) is 5.82 Å². The van der Waals surface area contributed by atoms with Gasteiger partial charge in [0.1, 0.15) is 0 Å². The smallest absolute Gasteiger partial charge is 0.269 e. The Kier molecular flexibility index (Phi) is 8.32. The number of hydrogen-bond acceptors (Lipinski definition) is 5. The first-order valence-electron chi connectivity index (χ1n) is 11.0. The Labute approximate surface area is 203 Å². The predicted molar refractivity (Wildman–Crippen MR) is 127 cm³/mol. The SMILES string of the molecule is CC(C)C(=O)N[C@H]1CC[C@@H](CS(=O)(=O)NNC(=O)c2cc(-c3cn(C)cn3)cc(Cl)c2F)CC1. The summed E-state index contributed by atoms with van der Waals surface area (Å²) in [6.45, 7) is 3.64. The Morgan fingerprint density at radius 2 is 1.91 bits per heavy atom.